The number of carboxylic acids is 1. The minimum atomic E-state index is -1.09. The molecule has 0 radical (unpaired) electrons. The molecular weight excluding hydrogens is 206 g/mol. The normalized spacial score (nSPS) is 22.8. The van der Waals surface area contributed by atoms with Crippen LogP contribution in [0, 0.1) is 17.2 Å². The van der Waals surface area contributed by atoms with Gasteiger partial charge in [0.05, 0.1) is 0 Å². The average Bonchev–Trinajstić information content (AvgIpc) is 2.28. The van der Waals surface area contributed by atoms with Crippen LogP contribution in [0.3, 0.4) is 0 Å². The number of nitriles is 1. The Hall–Kier alpha value is -2.28. The van der Waals surface area contributed by atoms with Crippen LogP contribution in [0.15, 0.2) is 30.8 Å². The summed E-state index contributed by atoms with van der Waals surface area (Å²) in [5.41, 5.74) is 1.07. The van der Waals surface area contributed by atoms with Crippen LogP contribution in [0.25, 0.3) is 5.57 Å². The van der Waals surface area contributed by atoms with E-state index in [1.54, 1.807) is 24.3 Å². The first-order chi connectivity index (χ1) is 7.65. The quantitative estimate of drug-likeness (QED) is 0.773. The minimum absolute atomic E-state index is 0.418. The largest absolute Gasteiger partial charge is 0.481 e. The highest BCUT2D eigenvalue weighted by Gasteiger charge is 2.38. The topological polar surface area (TPSA) is 70.3 Å². The molecular formula is C12H9NO3. The van der Waals surface area contributed by atoms with Crippen molar-refractivity contribution in [3.8, 4) is 11.8 Å². The molecule has 0 aromatic heterocycles. The number of hydrogen-bond acceptors (Lipinski definition) is 3. The first kappa shape index (κ1) is 10.2. The molecule has 0 saturated carbocycles. The van der Waals surface area contributed by atoms with Gasteiger partial charge in [-0.05, 0) is 11.6 Å². The van der Waals surface area contributed by atoms with Crippen LogP contribution in [0.2, 0.25) is 0 Å². The first-order valence-electron chi connectivity index (χ1n) is 4.72. The van der Waals surface area contributed by atoms with Gasteiger partial charge >= 0.3 is 5.97 Å². The van der Waals surface area contributed by atoms with Crippen LogP contribution in [0.4, 0.5) is 0 Å². The molecule has 1 aliphatic heterocycles. The number of aliphatic carboxylic acids is 1. The highest BCUT2D eigenvalue weighted by molar-refractivity contribution is 5.90. The molecule has 1 aromatic carbocycles. The maximum absolute atomic E-state index is 11.1. The van der Waals surface area contributed by atoms with Gasteiger partial charge in [-0.1, -0.05) is 24.8 Å². The molecule has 16 heavy (non-hydrogen) atoms. The molecule has 2 atom stereocenters. The fourth-order valence-corrected chi connectivity index (χ4v) is 1.77. The second-order valence-electron chi connectivity index (χ2n) is 3.50. The molecule has 1 aliphatic rings. The van der Waals surface area contributed by atoms with Crippen molar-refractivity contribution in [2.75, 3.05) is 0 Å². The van der Waals surface area contributed by atoms with Crippen LogP contribution < -0.4 is 4.74 Å². The SMILES string of the molecule is C=C1c2ccccc2OC(C#N)C1C(=O)O. The Morgan fingerprint density at radius 1 is 1.50 bits per heavy atom. The molecule has 2 rings (SSSR count). The summed E-state index contributed by atoms with van der Waals surface area (Å²) in [6.07, 6.45) is -1.01. The number of nitrogens with zero attached hydrogens (tertiary/aromatic N) is 1. The Kier molecular flexibility index (Phi) is 2.37. The van der Waals surface area contributed by atoms with Gasteiger partial charge in [-0.25, -0.2) is 0 Å². The first-order valence-corrected chi connectivity index (χ1v) is 4.72. The van der Waals surface area contributed by atoms with Crippen molar-refractivity contribution in [1.82, 2.24) is 0 Å². The Labute approximate surface area is 92.4 Å². The zero-order chi connectivity index (χ0) is 11.7. The average molecular weight is 215 g/mol. The summed E-state index contributed by atoms with van der Waals surface area (Å²) in [6.45, 7) is 3.74. The molecule has 1 heterocycles. The van der Waals surface area contributed by atoms with Gasteiger partial charge in [0.25, 0.3) is 0 Å². The Morgan fingerprint density at radius 2 is 2.19 bits per heavy atom. The van der Waals surface area contributed by atoms with Crippen LogP contribution in [0.1, 0.15) is 5.56 Å². The van der Waals surface area contributed by atoms with E-state index in [1.165, 1.54) is 0 Å². The summed E-state index contributed by atoms with van der Waals surface area (Å²) in [5.74, 6) is -1.58. The number of carbonyl (C=O) groups is 1. The fraction of sp³-hybridized carbons (Fsp3) is 0.167. The molecule has 0 amide bonds. The van der Waals surface area contributed by atoms with Crippen molar-refractivity contribution < 1.29 is 14.6 Å². The van der Waals surface area contributed by atoms with E-state index >= 15 is 0 Å². The molecule has 2 unspecified atom stereocenters. The van der Waals surface area contributed by atoms with Crippen molar-refractivity contribution in [3.05, 3.63) is 36.4 Å². The molecule has 1 N–H and O–H groups in total. The number of carboxylic acid groups (broad SMARTS) is 1. The summed E-state index contributed by atoms with van der Waals surface area (Å²) in [6, 6.07) is 8.82. The Morgan fingerprint density at radius 3 is 2.81 bits per heavy atom. The van der Waals surface area contributed by atoms with Crippen molar-refractivity contribution in [2.24, 2.45) is 5.92 Å². The third-order valence-electron chi connectivity index (χ3n) is 2.56. The van der Waals surface area contributed by atoms with Gasteiger partial charge in [0, 0.05) is 5.56 Å². The summed E-state index contributed by atoms with van der Waals surface area (Å²) in [7, 11) is 0. The monoisotopic (exact) mass is 215 g/mol. The Balaban J connectivity index is 2.51. The predicted octanol–water partition coefficient (Wildman–Crippen LogP) is 1.69. The number of fused-ring (bicyclic) bond motifs is 1. The maximum atomic E-state index is 11.1. The van der Waals surface area contributed by atoms with Gasteiger partial charge in [0.1, 0.15) is 17.7 Å². The van der Waals surface area contributed by atoms with Crippen molar-refractivity contribution in [1.29, 1.82) is 5.26 Å². The molecule has 1 aromatic rings. The predicted molar refractivity (Wildman–Crippen MR) is 56.6 cm³/mol. The van der Waals surface area contributed by atoms with E-state index in [4.69, 9.17) is 15.1 Å². The van der Waals surface area contributed by atoms with Gasteiger partial charge in [-0.2, -0.15) is 5.26 Å². The van der Waals surface area contributed by atoms with E-state index in [1.807, 2.05) is 6.07 Å². The lowest BCUT2D eigenvalue weighted by Gasteiger charge is -2.28. The molecule has 4 nitrogen and oxygen atoms in total. The van der Waals surface area contributed by atoms with E-state index < -0.39 is 18.0 Å². The summed E-state index contributed by atoms with van der Waals surface area (Å²) >= 11 is 0. The molecule has 80 valence electrons. The smallest absolute Gasteiger partial charge is 0.315 e. The number of hydrogen-bond donors (Lipinski definition) is 1. The van der Waals surface area contributed by atoms with Gasteiger partial charge in [-0.3, -0.25) is 4.79 Å². The van der Waals surface area contributed by atoms with Gasteiger partial charge in [0.15, 0.2) is 0 Å². The van der Waals surface area contributed by atoms with E-state index in [2.05, 4.69) is 6.58 Å². The van der Waals surface area contributed by atoms with Crippen LogP contribution in [0.5, 0.6) is 5.75 Å². The van der Waals surface area contributed by atoms with Crippen LogP contribution in [-0.4, -0.2) is 17.2 Å². The Bertz CT molecular complexity index is 501. The third-order valence-corrected chi connectivity index (χ3v) is 2.56. The highest BCUT2D eigenvalue weighted by atomic mass is 16.5. The summed E-state index contributed by atoms with van der Waals surface area (Å²) in [5, 5.41) is 17.9. The van der Waals surface area contributed by atoms with Crippen molar-refractivity contribution in [3.63, 3.8) is 0 Å². The molecule has 0 spiro atoms. The van der Waals surface area contributed by atoms with Gasteiger partial charge in [0.2, 0.25) is 6.10 Å². The van der Waals surface area contributed by atoms with E-state index in [9.17, 15) is 4.79 Å². The zero-order valence-electron chi connectivity index (χ0n) is 8.38. The zero-order valence-corrected chi connectivity index (χ0v) is 8.38. The third kappa shape index (κ3) is 1.43. The lowest BCUT2D eigenvalue weighted by atomic mass is 9.87. The van der Waals surface area contributed by atoms with Crippen molar-refractivity contribution in [2.45, 2.75) is 6.10 Å². The minimum Gasteiger partial charge on any atom is -0.481 e. The summed E-state index contributed by atoms with van der Waals surface area (Å²) < 4.78 is 5.32. The summed E-state index contributed by atoms with van der Waals surface area (Å²) in [4.78, 5) is 11.1. The standard InChI is InChI=1S/C12H9NO3/c1-7-8-4-2-3-5-9(8)16-10(6-13)11(7)12(14)15/h2-5,10-11H,1H2,(H,14,15). The van der Waals surface area contributed by atoms with Crippen molar-refractivity contribution >= 4 is 11.5 Å². The van der Waals surface area contributed by atoms with E-state index in [-0.39, 0.29) is 0 Å². The number of para-hydroxylation sites is 1. The maximum Gasteiger partial charge on any atom is 0.315 e. The molecule has 0 fully saturated rings. The van der Waals surface area contributed by atoms with Crippen LogP contribution >= 0.6 is 0 Å². The van der Waals surface area contributed by atoms with E-state index in [0.717, 1.165) is 0 Å². The molecule has 4 heteroatoms. The lowest BCUT2D eigenvalue weighted by Crippen LogP contribution is -2.35. The number of benzene rings is 1. The fourth-order valence-electron chi connectivity index (χ4n) is 1.77. The second kappa shape index (κ2) is 3.70. The van der Waals surface area contributed by atoms with Crippen LogP contribution in [-0.2, 0) is 4.79 Å². The molecule has 0 aliphatic carbocycles. The number of rotatable bonds is 1. The highest BCUT2D eigenvalue weighted by Crippen LogP contribution is 2.38. The van der Waals surface area contributed by atoms with E-state index in [0.29, 0.717) is 16.9 Å². The van der Waals surface area contributed by atoms with Gasteiger partial charge < -0.3 is 9.84 Å². The molecule has 0 saturated heterocycles. The van der Waals surface area contributed by atoms with Gasteiger partial charge in [-0.15, -0.1) is 0 Å². The molecule has 0 bridgehead atoms. The second-order valence-corrected chi connectivity index (χ2v) is 3.50. The lowest BCUT2D eigenvalue weighted by molar-refractivity contribution is -0.141. The number of ether oxygens (including phenoxy) is 1.